The normalized spacial score (nSPS) is 15.0. The third kappa shape index (κ3) is 29.9. The van der Waals surface area contributed by atoms with Crippen LogP contribution in [0.5, 0.6) is 0 Å². The molecule has 9 heteroatoms. The number of hydrogen-bond donors (Lipinski definition) is 3. The maximum Gasteiger partial charge on any atom is 0.472 e. The Kier molecular flexibility index (Phi) is 28.0. The number of carbonyl (C=O) groups is 1. The van der Waals surface area contributed by atoms with Crippen LogP contribution < -0.4 is 5.32 Å². The molecule has 0 aliphatic heterocycles. The van der Waals surface area contributed by atoms with Gasteiger partial charge in [-0.2, -0.15) is 0 Å². The van der Waals surface area contributed by atoms with Crippen molar-refractivity contribution in [2.75, 3.05) is 40.9 Å². The minimum absolute atomic E-state index is 0.0633. The molecule has 0 aliphatic carbocycles. The van der Waals surface area contributed by atoms with Gasteiger partial charge in [0.15, 0.2) is 0 Å². The number of rotatable bonds is 32. The Bertz CT molecular complexity index is 743. The zero-order valence-electron chi connectivity index (χ0n) is 29.4. The summed E-state index contributed by atoms with van der Waals surface area (Å²) in [6.07, 6.45) is 28.7. The topological polar surface area (TPSA) is 105 Å². The van der Waals surface area contributed by atoms with E-state index in [1.807, 2.05) is 27.2 Å². The van der Waals surface area contributed by atoms with Crippen molar-refractivity contribution in [1.29, 1.82) is 0 Å². The number of carbonyl (C=O) groups excluding carboxylic acids is 1. The van der Waals surface area contributed by atoms with Gasteiger partial charge in [0.1, 0.15) is 13.2 Å². The number of nitrogens with one attached hydrogen (secondary N) is 1. The van der Waals surface area contributed by atoms with Gasteiger partial charge in [-0.15, -0.1) is 0 Å². The summed E-state index contributed by atoms with van der Waals surface area (Å²) >= 11 is 0. The van der Waals surface area contributed by atoms with Gasteiger partial charge in [0.25, 0.3) is 0 Å². The van der Waals surface area contributed by atoms with E-state index in [4.69, 9.17) is 9.05 Å². The highest BCUT2D eigenvalue weighted by atomic mass is 31.2. The SMILES string of the molecule is CCCCCC/C=C/C(O)C(COP(=O)(O)OCC[N+](C)(C)C)NC(=O)CCCCCCCCCCCCCCCCCC. The molecule has 3 N–H and O–H groups in total. The van der Waals surface area contributed by atoms with Gasteiger partial charge < -0.3 is 19.8 Å². The molecule has 0 aromatic heterocycles. The van der Waals surface area contributed by atoms with Gasteiger partial charge in [-0.1, -0.05) is 142 Å². The van der Waals surface area contributed by atoms with Crippen molar-refractivity contribution < 1.29 is 32.9 Å². The first-order valence-electron chi connectivity index (χ1n) is 18.1. The first-order chi connectivity index (χ1) is 21.0. The van der Waals surface area contributed by atoms with Gasteiger partial charge >= 0.3 is 7.82 Å². The number of amides is 1. The van der Waals surface area contributed by atoms with Gasteiger partial charge in [0.05, 0.1) is 39.9 Å². The summed E-state index contributed by atoms with van der Waals surface area (Å²) in [5.74, 6) is -0.182. The number of aliphatic hydroxyl groups excluding tert-OH is 1. The zero-order valence-corrected chi connectivity index (χ0v) is 30.3. The lowest BCUT2D eigenvalue weighted by molar-refractivity contribution is -0.870. The number of unbranched alkanes of at least 4 members (excludes halogenated alkanes) is 19. The summed E-state index contributed by atoms with van der Waals surface area (Å²) < 4.78 is 23.3. The standard InChI is InChI=1S/C35H71N2O6P/c1-6-8-10-12-14-15-16-17-18-19-20-21-22-23-25-27-29-35(39)36-33(34(38)28-26-24-13-11-9-7-2)32-43-44(40,41)42-31-30-37(3,4)5/h26,28,33-34,38H,6-25,27,29-32H2,1-5H3,(H-,36,39,40,41)/p+1/b28-26+. The van der Waals surface area contributed by atoms with Gasteiger partial charge in [-0.05, 0) is 19.3 Å². The molecule has 0 rings (SSSR count). The molecule has 262 valence electrons. The van der Waals surface area contributed by atoms with Crippen LogP contribution in [0.3, 0.4) is 0 Å². The zero-order chi connectivity index (χ0) is 32.9. The van der Waals surface area contributed by atoms with Crippen molar-refractivity contribution in [3.8, 4) is 0 Å². The van der Waals surface area contributed by atoms with Crippen molar-refractivity contribution in [3.63, 3.8) is 0 Å². The molecule has 8 nitrogen and oxygen atoms in total. The maximum atomic E-state index is 12.7. The van der Waals surface area contributed by atoms with E-state index in [1.165, 1.54) is 89.9 Å². The Morgan fingerprint density at radius 3 is 1.68 bits per heavy atom. The second-order valence-electron chi connectivity index (χ2n) is 13.6. The van der Waals surface area contributed by atoms with Crippen LogP contribution in [0, 0.1) is 0 Å². The number of allylic oxidation sites excluding steroid dienone is 1. The Morgan fingerprint density at radius 2 is 1.20 bits per heavy atom. The molecule has 0 aliphatic rings. The molecule has 44 heavy (non-hydrogen) atoms. The van der Waals surface area contributed by atoms with Crippen LogP contribution in [-0.4, -0.2) is 73.4 Å². The van der Waals surface area contributed by atoms with Crippen molar-refractivity contribution in [1.82, 2.24) is 5.32 Å². The lowest BCUT2D eigenvalue weighted by atomic mass is 10.0. The number of likely N-dealkylation sites (N-methyl/N-ethyl adjacent to an activating group) is 1. The first kappa shape index (κ1) is 43.2. The molecule has 0 spiro atoms. The van der Waals surface area contributed by atoms with Crippen LogP contribution in [0.1, 0.15) is 155 Å². The van der Waals surface area contributed by atoms with Gasteiger partial charge in [0, 0.05) is 6.42 Å². The average molecular weight is 648 g/mol. The molecule has 0 bridgehead atoms. The third-order valence-corrected chi connectivity index (χ3v) is 8.99. The predicted molar refractivity (Wildman–Crippen MR) is 185 cm³/mol. The van der Waals surface area contributed by atoms with Crippen LogP contribution in [0.2, 0.25) is 0 Å². The Labute approximate surface area is 272 Å². The van der Waals surface area contributed by atoms with Crippen molar-refractivity contribution >= 4 is 13.7 Å². The largest absolute Gasteiger partial charge is 0.472 e. The van der Waals surface area contributed by atoms with Crippen molar-refractivity contribution in [2.45, 2.75) is 167 Å². The predicted octanol–water partition coefficient (Wildman–Crippen LogP) is 8.85. The molecule has 0 saturated heterocycles. The molecule has 0 fully saturated rings. The minimum Gasteiger partial charge on any atom is -0.387 e. The highest BCUT2D eigenvalue weighted by Gasteiger charge is 2.27. The van der Waals surface area contributed by atoms with Crippen LogP contribution in [0.4, 0.5) is 0 Å². The van der Waals surface area contributed by atoms with Crippen molar-refractivity contribution in [2.24, 2.45) is 0 Å². The van der Waals surface area contributed by atoms with Gasteiger partial charge in [0.2, 0.25) is 5.91 Å². The molecule has 1 amide bonds. The second kappa shape index (κ2) is 28.5. The van der Waals surface area contributed by atoms with Crippen LogP contribution in [0.25, 0.3) is 0 Å². The van der Waals surface area contributed by atoms with Crippen molar-refractivity contribution in [3.05, 3.63) is 12.2 Å². The smallest absolute Gasteiger partial charge is 0.387 e. The quantitative estimate of drug-likeness (QED) is 0.0292. The fourth-order valence-electron chi connectivity index (χ4n) is 5.04. The summed E-state index contributed by atoms with van der Waals surface area (Å²) in [4.78, 5) is 22.8. The molecular formula is C35H72N2O6P+. The van der Waals surface area contributed by atoms with Gasteiger partial charge in [-0.3, -0.25) is 13.8 Å². The maximum absolute atomic E-state index is 12.7. The lowest BCUT2D eigenvalue weighted by Gasteiger charge is -2.25. The monoisotopic (exact) mass is 648 g/mol. The number of phosphoric acid groups is 1. The Morgan fingerprint density at radius 1 is 0.750 bits per heavy atom. The van der Waals surface area contributed by atoms with E-state index in [9.17, 15) is 19.4 Å². The average Bonchev–Trinajstić information content (AvgIpc) is 2.95. The lowest BCUT2D eigenvalue weighted by Crippen LogP contribution is -2.45. The summed E-state index contributed by atoms with van der Waals surface area (Å²) in [6.45, 7) is 4.72. The van der Waals surface area contributed by atoms with Crippen LogP contribution in [0.15, 0.2) is 12.2 Å². The highest BCUT2D eigenvalue weighted by Crippen LogP contribution is 2.43. The highest BCUT2D eigenvalue weighted by molar-refractivity contribution is 7.47. The fourth-order valence-corrected chi connectivity index (χ4v) is 5.77. The number of nitrogens with zero attached hydrogens (tertiary/aromatic N) is 1. The van der Waals surface area contributed by atoms with E-state index in [0.29, 0.717) is 17.4 Å². The second-order valence-corrected chi connectivity index (χ2v) is 15.1. The Balaban J connectivity index is 4.33. The molecule has 0 radical (unpaired) electrons. The van der Waals surface area contributed by atoms with Gasteiger partial charge in [-0.25, -0.2) is 4.57 Å². The molecular weight excluding hydrogens is 575 g/mol. The van der Waals surface area contributed by atoms with E-state index >= 15 is 0 Å². The number of phosphoric ester groups is 1. The van der Waals surface area contributed by atoms with E-state index in [0.717, 1.165) is 44.9 Å². The van der Waals surface area contributed by atoms with E-state index in [1.54, 1.807) is 6.08 Å². The van der Waals surface area contributed by atoms with E-state index in [-0.39, 0.29) is 19.1 Å². The summed E-state index contributed by atoms with van der Waals surface area (Å²) in [5, 5.41) is 13.6. The Hall–Kier alpha value is -0.760. The first-order valence-corrected chi connectivity index (χ1v) is 19.6. The molecule has 0 heterocycles. The number of hydrogen-bond acceptors (Lipinski definition) is 5. The molecule has 0 aromatic rings. The summed E-state index contributed by atoms with van der Waals surface area (Å²) in [6, 6.07) is -0.835. The minimum atomic E-state index is -4.31. The number of aliphatic hydroxyl groups is 1. The molecule has 0 saturated carbocycles. The molecule has 3 unspecified atom stereocenters. The van der Waals surface area contributed by atoms with E-state index in [2.05, 4.69) is 19.2 Å². The van der Waals surface area contributed by atoms with Crippen LogP contribution >= 0.6 is 7.82 Å². The third-order valence-electron chi connectivity index (χ3n) is 8.01. The van der Waals surface area contributed by atoms with E-state index < -0.39 is 20.0 Å². The molecule has 3 atom stereocenters. The molecule has 0 aromatic carbocycles. The summed E-state index contributed by atoms with van der Waals surface area (Å²) in [7, 11) is 1.57. The number of quaternary nitrogens is 1. The fraction of sp³-hybridized carbons (Fsp3) is 0.914. The summed E-state index contributed by atoms with van der Waals surface area (Å²) in [5.41, 5.74) is 0. The van der Waals surface area contributed by atoms with Crippen LogP contribution in [-0.2, 0) is 18.4 Å².